The molecular formula is C20H24N8O2. The summed E-state index contributed by atoms with van der Waals surface area (Å²) in [5.74, 6) is 1.28. The number of aromatic nitrogens is 5. The summed E-state index contributed by atoms with van der Waals surface area (Å²) in [5.41, 5.74) is 21.1. The molecule has 0 fully saturated rings. The summed E-state index contributed by atoms with van der Waals surface area (Å²) in [7, 11) is 0. The molecule has 1 atom stereocenters. The second-order valence-electron chi connectivity index (χ2n) is 6.86. The predicted octanol–water partition coefficient (Wildman–Crippen LogP) is 1.81. The van der Waals surface area contributed by atoms with Crippen LogP contribution in [0.2, 0.25) is 0 Å². The standard InChI is InChI=1S/C20H24N8O2/c1-2-28-18-14(29-11-13(22)8-9-21)10-24-15(12-6-4-3-5-7-12)16(18)25-20(28)17-19(23)27-30-26-17/h3-7,10,13H,2,8-9,11,21-22H2,1H3,(H2,23,27). The third-order valence-electron chi connectivity index (χ3n) is 4.82. The van der Waals surface area contributed by atoms with Crippen molar-refractivity contribution in [2.45, 2.75) is 25.9 Å². The first kappa shape index (κ1) is 19.8. The maximum absolute atomic E-state index is 6.07. The van der Waals surface area contributed by atoms with Gasteiger partial charge in [-0.2, -0.15) is 0 Å². The summed E-state index contributed by atoms with van der Waals surface area (Å²) < 4.78 is 12.8. The minimum absolute atomic E-state index is 0.168. The number of benzene rings is 1. The normalized spacial score (nSPS) is 12.4. The highest BCUT2D eigenvalue weighted by atomic mass is 16.6. The van der Waals surface area contributed by atoms with Crippen molar-refractivity contribution in [3.8, 4) is 28.5 Å². The zero-order valence-corrected chi connectivity index (χ0v) is 16.7. The monoisotopic (exact) mass is 408 g/mol. The quantitative estimate of drug-likeness (QED) is 0.395. The van der Waals surface area contributed by atoms with E-state index in [0.717, 1.165) is 16.8 Å². The first-order valence-electron chi connectivity index (χ1n) is 9.75. The van der Waals surface area contributed by atoms with Gasteiger partial charge in [0.1, 0.15) is 17.6 Å². The van der Waals surface area contributed by atoms with Gasteiger partial charge in [0, 0.05) is 18.2 Å². The molecule has 10 heteroatoms. The Morgan fingerprint density at radius 2 is 1.97 bits per heavy atom. The van der Waals surface area contributed by atoms with E-state index in [1.807, 2.05) is 41.8 Å². The summed E-state index contributed by atoms with van der Waals surface area (Å²) in [6.45, 7) is 3.42. The number of ether oxygens (including phenoxy) is 1. The van der Waals surface area contributed by atoms with E-state index in [9.17, 15) is 0 Å². The van der Waals surface area contributed by atoms with Crippen LogP contribution in [0, 0.1) is 0 Å². The van der Waals surface area contributed by atoms with E-state index in [-0.39, 0.29) is 11.9 Å². The van der Waals surface area contributed by atoms with Gasteiger partial charge in [0.05, 0.1) is 11.9 Å². The van der Waals surface area contributed by atoms with Gasteiger partial charge in [-0.25, -0.2) is 14.6 Å². The average Bonchev–Trinajstić information content (AvgIpc) is 3.36. The number of imidazole rings is 1. The van der Waals surface area contributed by atoms with Gasteiger partial charge in [-0.1, -0.05) is 30.3 Å². The van der Waals surface area contributed by atoms with Crippen LogP contribution in [0.3, 0.4) is 0 Å². The second-order valence-corrected chi connectivity index (χ2v) is 6.86. The molecular weight excluding hydrogens is 384 g/mol. The smallest absolute Gasteiger partial charge is 0.199 e. The molecule has 6 N–H and O–H groups in total. The highest BCUT2D eigenvalue weighted by Crippen LogP contribution is 2.36. The van der Waals surface area contributed by atoms with Crippen molar-refractivity contribution in [2.75, 3.05) is 18.9 Å². The Hall–Kier alpha value is -3.50. The van der Waals surface area contributed by atoms with Crippen molar-refractivity contribution < 1.29 is 9.37 Å². The molecule has 0 bridgehead atoms. The van der Waals surface area contributed by atoms with Crippen LogP contribution in [0.1, 0.15) is 13.3 Å². The Kier molecular flexibility index (Phi) is 5.59. The number of nitrogen functional groups attached to an aromatic ring is 1. The van der Waals surface area contributed by atoms with E-state index in [4.69, 9.17) is 31.6 Å². The fraction of sp³-hybridized carbons (Fsp3) is 0.300. The predicted molar refractivity (Wildman–Crippen MR) is 113 cm³/mol. The number of hydrogen-bond donors (Lipinski definition) is 3. The molecule has 0 saturated heterocycles. The SMILES string of the molecule is CCn1c(-c2nonc2N)nc2c(-c3ccccc3)ncc(OCC(N)CCN)c21. The fourth-order valence-corrected chi connectivity index (χ4v) is 3.36. The van der Waals surface area contributed by atoms with Crippen LogP contribution in [0.15, 0.2) is 41.2 Å². The summed E-state index contributed by atoms with van der Waals surface area (Å²) in [6.07, 6.45) is 2.36. The third kappa shape index (κ3) is 3.58. The summed E-state index contributed by atoms with van der Waals surface area (Å²) in [6, 6.07) is 9.65. The van der Waals surface area contributed by atoms with Crippen LogP contribution in [0.4, 0.5) is 5.82 Å². The van der Waals surface area contributed by atoms with E-state index in [0.29, 0.717) is 48.9 Å². The minimum Gasteiger partial charge on any atom is -0.488 e. The molecule has 1 aromatic carbocycles. The van der Waals surface area contributed by atoms with E-state index in [1.165, 1.54) is 0 Å². The van der Waals surface area contributed by atoms with Crippen molar-refractivity contribution in [1.82, 2.24) is 24.8 Å². The first-order valence-corrected chi connectivity index (χ1v) is 9.75. The van der Waals surface area contributed by atoms with Crippen molar-refractivity contribution in [3.05, 3.63) is 36.5 Å². The van der Waals surface area contributed by atoms with Crippen molar-refractivity contribution in [2.24, 2.45) is 11.5 Å². The average molecular weight is 408 g/mol. The number of anilines is 1. The summed E-state index contributed by atoms with van der Waals surface area (Å²) >= 11 is 0. The van der Waals surface area contributed by atoms with Crippen molar-refractivity contribution in [1.29, 1.82) is 0 Å². The van der Waals surface area contributed by atoms with Gasteiger partial charge in [-0.05, 0) is 30.2 Å². The van der Waals surface area contributed by atoms with Gasteiger partial charge in [0.25, 0.3) is 0 Å². The number of hydrogen-bond acceptors (Lipinski definition) is 9. The lowest BCUT2D eigenvalue weighted by Gasteiger charge is -2.15. The van der Waals surface area contributed by atoms with E-state index >= 15 is 0 Å². The fourth-order valence-electron chi connectivity index (χ4n) is 3.36. The van der Waals surface area contributed by atoms with Crippen LogP contribution >= 0.6 is 0 Å². The van der Waals surface area contributed by atoms with Crippen molar-refractivity contribution in [3.63, 3.8) is 0 Å². The molecule has 10 nitrogen and oxygen atoms in total. The zero-order chi connectivity index (χ0) is 21.1. The van der Waals surface area contributed by atoms with Crippen LogP contribution in [0.25, 0.3) is 33.8 Å². The molecule has 3 heterocycles. The molecule has 0 aliphatic heterocycles. The van der Waals surface area contributed by atoms with Crippen molar-refractivity contribution >= 4 is 16.9 Å². The lowest BCUT2D eigenvalue weighted by Crippen LogP contribution is -2.30. The minimum atomic E-state index is -0.174. The van der Waals surface area contributed by atoms with Gasteiger partial charge in [-0.15, -0.1) is 0 Å². The second kappa shape index (κ2) is 8.47. The number of aryl methyl sites for hydroxylation is 1. The largest absolute Gasteiger partial charge is 0.488 e. The number of fused-ring (bicyclic) bond motifs is 1. The lowest BCUT2D eigenvalue weighted by atomic mass is 10.1. The van der Waals surface area contributed by atoms with E-state index in [1.54, 1.807) is 6.20 Å². The number of pyridine rings is 1. The van der Waals surface area contributed by atoms with Crippen LogP contribution in [-0.2, 0) is 6.54 Å². The molecule has 1 unspecified atom stereocenters. The van der Waals surface area contributed by atoms with Gasteiger partial charge in [0.15, 0.2) is 23.1 Å². The topological polar surface area (TPSA) is 157 Å². The number of rotatable bonds is 8. The lowest BCUT2D eigenvalue weighted by molar-refractivity contribution is 0.284. The Morgan fingerprint density at radius 1 is 1.17 bits per heavy atom. The van der Waals surface area contributed by atoms with Gasteiger partial charge in [0.2, 0.25) is 0 Å². The van der Waals surface area contributed by atoms with E-state index in [2.05, 4.69) is 15.3 Å². The molecule has 0 radical (unpaired) electrons. The third-order valence-corrected chi connectivity index (χ3v) is 4.82. The maximum Gasteiger partial charge on any atom is 0.199 e. The molecule has 0 aliphatic rings. The van der Waals surface area contributed by atoms with Crippen LogP contribution < -0.4 is 21.9 Å². The molecule has 30 heavy (non-hydrogen) atoms. The molecule has 3 aromatic heterocycles. The highest BCUT2D eigenvalue weighted by molar-refractivity contribution is 5.95. The highest BCUT2D eigenvalue weighted by Gasteiger charge is 2.24. The van der Waals surface area contributed by atoms with E-state index < -0.39 is 0 Å². The van der Waals surface area contributed by atoms with Crippen LogP contribution in [0.5, 0.6) is 5.75 Å². The van der Waals surface area contributed by atoms with Crippen LogP contribution in [-0.4, -0.2) is 44.0 Å². The molecule has 0 spiro atoms. The molecule has 4 rings (SSSR count). The first-order chi connectivity index (χ1) is 14.6. The van der Waals surface area contributed by atoms with Gasteiger partial charge < -0.3 is 26.5 Å². The van der Waals surface area contributed by atoms with Gasteiger partial charge >= 0.3 is 0 Å². The molecule has 0 aliphatic carbocycles. The molecule has 0 amide bonds. The number of nitrogens with zero attached hydrogens (tertiary/aromatic N) is 5. The Morgan fingerprint density at radius 3 is 2.63 bits per heavy atom. The number of nitrogens with two attached hydrogens (primary N) is 3. The molecule has 0 saturated carbocycles. The Balaban J connectivity index is 1.91. The Labute approximate surface area is 173 Å². The molecule has 4 aromatic rings. The van der Waals surface area contributed by atoms with Gasteiger partial charge in [-0.3, -0.25) is 0 Å². The molecule has 156 valence electrons. The summed E-state index contributed by atoms with van der Waals surface area (Å²) in [4.78, 5) is 9.45. The zero-order valence-electron chi connectivity index (χ0n) is 16.7. The maximum atomic E-state index is 6.07. The Bertz CT molecular complexity index is 1140. The summed E-state index contributed by atoms with van der Waals surface area (Å²) in [5, 5.41) is 7.62.